The highest BCUT2D eigenvalue weighted by Gasteiger charge is 2.38. The van der Waals surface area contributed by atoms with E-state index in [1.54, 1.807) is 0 Å². The van der Waals surface area contributed by atoms with E-state index >= 15 is 0 Å². The minimum Gasteiger partial charge on any atom is -0.469 e. The summed E-state index contributed by atoms with van der Waals surface area (Å²) in [5, 5.41) is 6.03. The molecule has 2 aromatic rings. The summed E-state index contributed by atoms with van der Waals surface area (Å²) in [4.78, 5) is 37.3. The molecule has 180 valence electrons. The molecule has 2 amide bonds. The fourth-order valence-corrected chi connectivity index (χ4v) is 5.27. The first-order valence-electron chi connectivity index (χ1n) is 12.4. The molecule has 0 aliphatic heterocycles. The minimum absolute atomic E-state index is 0.0127. The van der Waals surface area contributed by atoms with Crippen LogP contribution in [0.2, 0.25) is 0 Å². The number of methoxy groups -OCH3 is 1. The van der Waals surface area contributed by atoms with Gasteiger partial charge in [0, 0.05) is 23.2 Å². The average Bonchev–Trinajstić information content (AvgIpc) is 3.22. The summed E-state index contributed by atoms with van der Waals surface area (Å²) in [7, 11) is 1.38. The maximum absolute atomic E-state index is 13.0. The second-order valence-electron chi connectivity index (χ2n) is 9.47. The molecule has 6 nitrogen and oxygen atoms in total. The number of ether oxygens (including phenoxy) is 1. The van der Waals surface area contributed by atoms with Gasteiger partial charge < -0.3 is 15.4 Å². The molecule has 2 fully saturated rings. The molecule has 0 spiro atoms. The van der Waals surface area contributed by atoms with Gasteiger partial charge in [-0.25, -0.2) is 4.79 Å². The number of rotatable bonds is 6. The summed E-state index contributed by atoms with van der Waals surface area (Å²) in [5.41, 5.74) is 3.36. The summed E-state index contributed by atoms with van der Waals surface area (Å²) >= 11 is 0. The van der Waals surface area contributed by atoms with Crippen molar-refractivity contribution in [2.24, 2.45) is 11.8 Å². The lowest BCUT2D eigenvalue weighted by Crippen LogP contribution is -2.37. The molecule has 34 heavy (non-hydrogen) atoms. The predicted molar refractivity (Wildman–Crippen MR) is 133 cm³/mol. The van der Waals surface area contributed by atoms with Gasteiger partial charge in [-0.1, -0.05) is 68.5 Å². The first-order chi connectivity index (χ1) is 16.5. The van der Waals surface area contributed by atoms with Crippen LogP contribution < -0.4 is 10.6 Å². The SMILES string of the molecule is COC(=O)[C@@H]1CCC[C@H]1C(=O)c1ccc(-c2ccc(NC(=O)NC3CCCCCC3)cc2)cc1. The van der Waals surface area contributed by atoms with E-state index in [1.807, 2.05) is 48.5 Å². The Kier molecular flexibility index (Phi) is 7.99. The summed E-state index contributed by atoms with van der Waals surface area (Å²) in [6, 6.07) is 15.3. The van der Waals surface area contributed by atoms with Gasteiger partial charge in [0.1, 0.15) is 0 Å². The molecule has 2 aromatic carbocycles. The number of hydrogen-bond acceptors (Lipinski definition) is 4. The molecule has 2 N–H and O–H groups in total. The lowest BCUT2D eigenvalue weighted by atomic mass is 9.88. The summed E-state index contributed by atoms with van der Waals surface area (Å²) in [6.07, 6.45) is 9.27. The van der Waals surface area contributed by atoms with E-state index in [-0.39, 0.29) is 35.7 Å². The van der Waals surface area contributed by atoms with E-state index in [2.05, 4.69) is 10.6 Å². The van der Waals surface area contributed by atoms with Crippen molar-refractivity contribution in [2.75, 3.05) is 12.4 Å². The summed E-state index contributed by atoms with van der Waals surface area (Å²) < 4.78 is 4.88. The second kappa shape index (κ2) is 11.3. The third kappa shape index (κ3) is 5.85. The molecule has 6 heteroatoms. The predicted octanol–water partition coefficient (Wildman–Crippen LogP) is 5.97. The van der Waals surface area contributed by atoms with Gasteiger partial charge in [-0.2, -0.15) is 0 Å². The highest BCUT2D eigenvalue weighted by Crippen LogP contribution is 2.35. The number of carbonyl (C=O) groups excluding carboxylic acids is 3. The average molecular weight is 463 g/mol. The van der Waals surface area contributed by atoms with Gasteiger partial charge in [0.05, 0.1) is 13.0 Å². The van der Waals surface area contributed by atoms with Crippen molar-refractivity contribution in [3.05, 3.63) is 54.1 Å². The maximum Gasteiger partial charge on any atom is 0.319 e. The van der Waals surface area contributed by atoms with Gasteiger partial charge in [-0.3, -0.25) is 9.59 Å². The van der Waals surface area contributed by atoms with E-state index in [9.17, 15) is 14.4 Å². The Morgan fingerprint density at radius 1 is 0.735 bits per heavy atom. The van der Waals surface area contributed by atoms with Crippen LogP contribution in [-0.4, -0.2) is 30.9 Å². The molecular formula is C28H34N2O4. The van der Waals surface area contributed by atoms with Crippen LogP contribution in [0.1, 0.15) is 68.1 Å². The number of urea groups is 1. The Labute approximate surface area is 201 Å². The van der Waals surface area contributed by atoms with E-state index in [0.29, 0.717) is 12.0 Å². The van der Waals surface area contributed by atoms with Crippen LogP contribution in [0.25, 0.3) is 11.1 Å². The van der Waals surface area contributed by atoms with Crippen molar-refractivity contribution >= 4 is 23.5 Å². The van der Waals surface area contributed by atoms with Crippen LogP contribution in [0.3, 0.4) is 0 Å². The molecule has 4 rings (SSSR count). The lowest BCUT2D eigenvalue weighted by molar-refractivity contribution is -0.146. The van der Waals surface area contributed by atoms with Gasteiger partial charge in [-0.05, 0) is 48.9 Å². The Morgan fingerprint density at radius 2 is 1.32 bits per heavy atom. The normalized spacial score (nSPS) is 20.9. The maximum atomic E-state index is 13.0. The van der Waals surface area contributed by atoms with Crippen LogP contribution in [0.15, 0.2) is 48.5 Å². The number of anilines is 1. The number of ketones is 1. The summed E-state index contributed by atoms with van der Waals surface area (Å²) in [5.74, 6) is -0.910. The Morgan fingerprint density at radius 3 is 1.94 bits per heavy atom. The second-order valence-corrected chi connectivity index (χ2v) is 9.47. The molecule has 0 heterocycles. The third-order valence-electron chi connectivity index (χ3n) is 7.19. The molecule has 0 aromatic heterocycles. The van der Waals surface area contributed by atoms with Gasteiger partial charge in [-0.15, -0.1) is 0 Å². The molecule has 2 saturated carbocycles. The molecule has 2 aliphatic carbocycles. The van der Waals surface area contributed by atoms with Gasteiger partial charge >= 0.3 is 12.0 Å². The topological polar surface area (TPSA) is 84.5 Å². The van der Waals surface area contributed by atoms with Crippen LogP contribution in [-0.2, 0) is 9.53 Å². The van der Waals surface area contributed by atoms with E-state index in [0.717, 1.165) is 42.5 Å². The van der Waals surface area contributed by atoms with E-state index < -0.39 is 0 Å². The minimum atomic E-state index is -0.336. The number of Topliss-reactive ketones (excluding diaryl/α,β-unsaturated/α-hetero) is 1. The summed E-state index contributed by atoms with van der Waals surface area (Å²) in [6.45, 7) is 0. The van der Waals surface area contributed by atoms with Crippen LogP contribution >= 0.6 is 0 Å². The quantitative estimate of drug-likeness (QED) is 0.315. The fraction of sp³-hybridized carbons (Fsp3) is 0.464. The highest BCUT2D eigenvalue weighted by atomic mass is 16.5. The monoisotopic (exact) mass is 462 g/mol. The zero-order chi connectivity index (χ0) is 23.9. The van der Waals surface area contributed by atoms with Crippen molar-refractivity contribution in [2.45, 2.75) is 63.8 Å². The van der Waals surface area contributed by atoms with Gasteiger partial charge in [0.15, 0.2) is 5.78 Å². The van der Waals surface area contributed by atoms with Crippen molar-refractivity contribution in [1.82, 2.24) is 5.32 Å². The van der Waals surface area contributed by atoms with Crippen molar-refractivity contribution in [3.63, 3.8) is 0 Å². The fourth-order valence-electron chi connectivity index (χ4n) is 5.27. The van der Waals surface area contributed by atoms with Crippen molar-refractivity contribution in [1.29, 1.82) is 0 Å². The zero-order valence-electron chi connectivity index (χ0n) is 19.8. The van der Waals surface area contributed by atoms with E-state index in [1.165, 1.54) is 32.8 Å². The number of nitrogens with one attached hydrogen (secondary N) is 2. The number of hydrogen-bond donors (Lipinski definition) is 2. The van der Waals surface area contributed by atoms with Crippen LogP contribution in [0, 0.1) is 11.8 Å². The molecule has 0 bridgehead atoms. The van der Waals surface area contributed by atoms with Crippen molar-refractivity contribution < 1.29 is 19.1 Å². The first kappa shape index (κ1) is 24.0. The van der Waals surface area contributed by atoms with Gasteiger partial charge in [0.2, 0.25) is 0 Å². The standard InChI is InChI=1S/C28H34N2O4/c1-34-27(32)25-10-6-9-24(25)26(31)21-13-11-19(12-14-21)20-15-17-23(18-16-20)30-28(33)29-22-7-4-2-3-5-8-22/h11-18,22,24-25H,2-10H2,1H3,(H2,29,30,33)/t24-,25-/m1/s1. The van der Waals surface area contributed by atoms with Crippen molar-refractivity contribution in [3.8, 4) is 11.1 Å². The smallest absolute Gasteiger partial charge is 0.319 e. The lowest BCUT2D eigenvalue weighted by Gasteiger charge is -2.17. The molecular weight excluding hydrogens is 428 g/mol. The highest BCUT2D eigenvalue weighted by molar-refractivity contribution is 6.00. The molecule has 0 saturated heterocycles. The largest absolute Gasteiger partial charge is 0.469 e. The molecule has 2 aliphatic rings. The van der Waals surface area contributed by atoms with Crippen LogP contribution in [0.5, 0.6) is 0 Å². The molecule has 0 radical (unpaired) electrons. The Bertz CT molecular complexity index is 992. The third-order valence-corrected chi connectivity index (χ3v) is 7.19. The Balaban J connectivity index is 1.35. The zero-order valence-corrected chi connectivity index (χ0v) is 19.8. The number of amides is 2. The Hall–Kier alpha value is -3.15. The molecule has 0 unspecified atom stereocenters. The number of carbonyl (C=O) groups is 3. The van der Waals surface area contributed by atoms with Crippen LogP contribution in [0.4, 0.5) is 10.5 Å². The van der Waals surface area contributed by atoms with E-state index in [4.69, 9.17) is 4.74 Å². The number of esters is 1. The molecule has 2 atom stereocenters. The van der Waals surface area contributed by atoms with Gasteiger partial charge in [0.25, 0.3) is 0 Å². The number of benzene rings is 2. The first-order valence-corrected chi connectivity index (χ1v) is 12.4.